The average molecular weight is 601 g/mol. The van der Waals surface area contributed by atoms with Crippen LogP contribution in [0.3, 0.4) is 0 Å². The van der Waals surface area contributed by atoms with Gasteiger partial charge in [0.05, 0.1) is 18.8 Å². The Labute approximate surface area is 256 Å². The lowest BCUT2D eigenvalue weighted by Crippen LogP contribution is -2.55. The van der Waals surface area contributed by atoms with E-state index < -0.39 is 63.1 Å². The molecule has 248 valence electrons. The Morgan fingerprint density at radius 2 is 1.19 bits per heavy atom. The molecular formula is C33H64N2O7. The van der Waals surface area contributed by atoms with Crippen LogP contribution < -0.4 is 11.5 Å². The highest BCUT2D eigenvalue weighted by Crippen LogP contribution is 2.53. The summed E-state index contributed by atoms with van der Waals surface area (Å²) in [5, 5.41) is 21.6. The quantitative estimate of drug-likeness (QED) is 0.127. The van der Waals surface area contributed by atoms with E-state index in [9.17, 15) is 19.8 Å². The van der Waals surface area contributed by atoms with Gasteiger partial charge in [-0.05, 0) is 63.7 Å². The summed E-state index contributed by atoms with van der Waals surface area (Å²) in [6.45, 7) is 30.4. The number of hydrogen-bond donors (Lipinski definition) is 4. The van der Waals surface area contributed by atoms with Crippen molar-refractivity contribution < 1.29 is 34.0 Å². The zero-order valence-corrected chi connectivity index (χ0v) is 29.1. The predicted octanol–water partition coefficient (Wildman–Crippen LogP) is 4.89. The first-order valence-electron chi connectivity index (χ1n) is 15.0. The molecule has 0 aromatic rings. The third-order valence-electron chi connectivity index (χ3n) is 9.62. The van der Waals surface area contributed by atoms with Gasteiger partial charge in [-0.25, -0.2) is 4.79 Å². The van der Waals surface area contributed by atoms with E-state index in [1.165, 1.54) is 6.92 Å². The van der Waals surface area contributed by atoms with E-state index in [4.69, 9.17) is 25.7 Å². The Balaban J connectivity index is 6.48. The minimum Gasteiger partial charge on any atom is -0.462 e. The van der Waals surface area contributed by atoms with Crippen molar-refractivity contribution in [3.8, 4) is 0 Å². The van der Waals surface area contributed by atoms with Gasteiger partial charge in [0.2, 0.25) is 0 Å². The molecule has 0 saturated carbocycles. The summed E-state index contributed by atoms with van der Waals surface area (Å²) < 4.78 is 17.5. The molecule has 4 unspecified atom stereocenters. The second kappa shape index (κ2) is 14.5. The van der Waals surface area contributed by atoms with Crippen LogP contribution in [0.15, 0.2) is 12.2 Å². The molecule has 0 rings (SSSR count). The molecule has 42 heavy (non-hydrogen) atoms. The lowest BCUT2D eigenvalue weighted by atomic mass is 9.55. The first-order valence-corrected chi connectivity index (χ1v) is 15.0. The van der Waals surface area contributed by atoms with Crippen LogP contribution in [0.1, 0.15) is 116 Å². The highest BCUT2D eigenvalue weighted by atomic mass is 16.6. The van der Waals surface area contributed by atoms with Crippen molar-refractivity contribution >= 4 is 11.9 Å². The van der Waals surface area contributed by atoms with E-state index in [0.29, 0.717) is 19.3 Å². The van der Waals surface area contributed by atoms with Gasteiger partial charge >= 0.3 is 11.9 Å². The third-order valence-corrected chi connectivity index (χ3v) is 9.62. The largest absolute Gasteiger partial charge is 0.462 e. The second-order valence-corrected chi connectivity index (χ2v) is 16.1. The highest BCUT2D eigenvalue weighted by Gasteiger charge is 2.52. The van der Waals surface area contributed by atoms with Crippen LogP contribution in [-0.4, -0.2) is 70.9 Å². The van der Waals surface area contributed by atoms with Crippen molar-refractivity contribution in [2.24, 2.45) is 33.1 Å². The van der Waals surface area contributed by atoms with Crippen LogP contribution in [-0.2, 0) is 23.8 Å². The van der Waals surface area contributed by atoms with E-state index >= 15 is 0 Å². The molecule has 0 aliphatic heterocycles. The summed E-state index contributed by atoms with van der Waals surface area (Å²) in [6.07, 6.45) is -1.29. The summed E-state index contributed by atoms with van der Waals surface area (Å²) >= 11 is 0. The van der Waals surface area contributed by atoms with Gasteiger partial charge in [-0.1, -0.05) is 62.0 Å². The lowest BCUT2D eigenvalue weighted by Gasteiger charge is -2.54. The molecule has 0 aliphatic rings. The fourth-order valence-corrected chi connectivity index (χ4v) is 4.82. The van der Waals surface area contributed by atoms with Gasteiger partial charge in [-0.15, -0.1) is 0 Å². The van der Waals surface area contributed by atoms with Crippen LogP contribution in [0.5, 0.6) is 0 Å². The normalized spacial score (nSPS) is 16.8. The molecule has 0 aliphatic carbocycles. The minimum atomic E-state index is -1.05. The van der Waals surface area contributed by atoms with Crippen molar-refractivity contribution in [2.75, 3.05) is 13.2 Å². The van der Waals surface area contributed by atoms with E-state index in [2.05, 4.69) is 62.0 Å². The van der Waals surface area contributed by atoms with Gasteiger partial charge in [0, 0.05) is 35.4 Å². The molecule has 0 bridgehead atoms. The Hall–Kier alpha value is -1.52. The Morgan fingerprint density at radius 1 is 0.738 bits per heavy atom. The molecule has 4 atom stereocenters. The first kappa shape index (κ1) is 40.5. The van der Waals surface area contributed by atoms with Crippen molar-refractivity contribution in [2.45, 2.75) is 152 Å². The summed E-state index contributed by atoms with van der Waals surface area (Å²) in [4.78, 5) is 24.0. The van der Waals surface area contributed by atoms with E-state index in [1.54, 1.807) is 20.8 Å². The molecule has 0 radical (unpaired) electrons. The minimum absolute atomic E-state index is 0.0711. The van der Waals surface area contributed by atoms with Crippen molar-refractivity contribution in [3.63, 3.8) is 0 Å². The van der Waals surface area contributed by atoms with Gasteiger partial charge in [0.15, 0.2) is 0 Å². The summed E-state index contributed by atoms with van der Waals surface area (Å²) in [6, 6.07) is 0. The number of esters is 2. The van der Waals surface area contributed by atoms with Crippen LogP contribution in [0.25, 0.3) is 0 Å². The van der Waals surface area contributed by atoms with Crippen molar-refractivity contribution in [1.29, 1.82) is 0 Å². The van der Waals surface area contributed by atoms with Gasteiger partial charge in [-0.2, -0.15) is 0 Å². The molecule has 0 spiro atoms. The lowest BCUT2D eigenvalue weighted by molar-refractivity contribution is -0.170. The van der Waals surface area contributed by atoms with Crippen molar-refractivity contribution in [1.82, 2.24) is 0 Å². The molecule has 9 heteroatoms. The Morgan fingerprint density at radius 3 is 1.60 bits per heavy atom. The Bertz CT molecular complexity index is 910. The third kappa shape index (κ3) is 11.9. The smallest absolute Gasteiger partial charge is 0.333 e. The standard InChI is InChI=1S/C33H64N2O7/c1-21(2)27(39)41-20-23(37)19-40-25(31(10,11)28(4,5)16-24(38)33(14,15)35)17-29(6,7)32(12,13)26(42-22(3)36)18-30(8,9)34/h23-26,37-38H,1,16-20,34-35H2,2-15H3. The summed E-state index contributed by atoms with van der Waals surface area (Å²) in [7, 11) is 0. The molecule has 0 aromatic heterocycles. The molecule has 0 saturated heterocycles. The molecule has 0 fully saturated rings. The van der Waals surface area contributed by atoms with E-state index in [1.807, 2.05) is 13.8 Å². The maximum absolute atomic E-state index is 12.1. The number of aliphatic hydroxyl groups is 2. The number of rotatable bonds is 18. The number of aliphatic hydroxyl groups excluding tert-OH is 2. The van der Waals surface area contributed by atoms with Crippen LogP contribution >= 0.6 is 0 Å². The van der Waals surface area contributed by atoms with Crippen molar-refractivity contribution in [3.05, 3.63) is 12.2 Å². The highest BCUT2D eigenvalue weighted by molar-refractivity contribution is 5.86. The van der Waals surface area contributed by atoms with Gasteiger partial charge in [0.25, 0.3) is 0 Å². The zero-order chi connectivity index (χ0) is 33.7. The summed E-state index contributed by atoms with van der Waals surface area (Å²) in [5.74, 6) is -0.944. The summed E-state index contributed by atoms with van der Waals surface area (Å²) in [5.41, 5.74) is 9.54. The first-order chi connectivity index (χ1) is 18.5. The second-order valence-electron chi connectivity index (χ2n) is 16.1. The number of hydrogen-bond acceptors (Lipinski definition) is 9. The average Bonchev–Trinajstić information content (AvgIpc) is 2.76. The Kier molecular flexibility index (Phi) is 14.0. The number of nitrogens with two attached hydrogens (primary N) is 2. The van der Waals surface area contributed by atoms with E-state index in [-0.39, 0.29) is 24.8 Å². The van der Waals surface area contributed by atoms with Gasteiger partial charge in [0.1, 0.15) is 18.8 Å². The molecule has 0 amide bonds. The SMILES string of the molecule is C=C(C)C(=O)OCC(O)COC(CC(C)(C)C(C)(C)C(CC(C)(C)N)OC(C)=O)C(C)(C)C(C)(C)CC(O)C(C)(C)N. The maximum Gasteiger partial charge on any atom is 0.333 e. The number of ether oxygens (including phenoxy) is 3. The molecule has 9 nitrogen and oxygen atoms in total. The van der Waals surface area contributed by atoms with Crippen LogP contribution in [0, 0.1) is 21.7 Å². The van der Waals surface area contributed by atoms with Crippen LogP contribution in [0.4, 0.5) is 0 Å². The van der Waals surface area contributed by atoms with E-state index in [0.717, 1.165) is 0 Å². The molecular weight excluding hydrogens is 536 g/mol. The van der Waals surface area contributed by atoms with Gasteiger partial charge in [-0.3, -0.25) is 4.79 Å². The fraction of sp³-hybridized carbons (Fsp3) is 0.879. The molecule has 6 N–H and O–H groups in total. The molecule has 0 heterocycles. The number of carbonyl (C=O) groups excluding carboxylic acids is 2. The topological polar surface area (TPSA) is 154 Å². The fourth-order valence-electron chi connectivity index (χ4n) is 4.82. The van der Waals surface area contributed by atoms with Crippen LogP contribution in [0.2, 0.25) is 0 Å². The predicted molar refractivity (Wildman–Crippen MR) is 169 cm³/mol. The molecule has 0 aromatic carbocycles. The zero-order valence-electron chi connectivity index (χ0n) is 29.1. The maximum atomic E-state index is 12.1. The number of carbonyl (C=O) groups is 2. The monoisotopic (exact) mass is 600 g/mol. The van der Waals surface area contributed by atoms with Gasteiger partial charge < -0.3 is 35.9 Å².